The van der Waals surface area contributed by atoms with Crippen molar-refractivity contribution in [1.82, 2.24) is 0 Å². The average Bonchev–Trinajstić information content (AvgIpc) is 2.84. The molecular formula is C15H13F3N2O2S. The summed E-state index contributed by atoms with van der Waals surface area (Å²) >= 11 is 1.10. The number of alkyl halides is 3. The van der Waals surface area contributed by atoms with Gasteiger partial charge in [-0.05, 0) is 24.1 Å². The topological polar surface area (TPSA) is 61.2 Å². The molecule has 1 fully saturated rings. The van der Waals surface area contributed by atoms with Crippen LogP contribution in [0.5, 0.6) is 0 Å². The largest absolute Gasteiger partial charge is 0.417 e. The Morgan fingerprint density at radius 2 is 2.17 bits per heavy atom. The quantitative estimate of drug-likeness (QED) is 0.846. The number of hydrogen-bond donors (Lipinski definition) is 0. The number of benzene rings is 1. The molecule has 1 saturated heterocycles. The zero-order valence-electron chi connectivity index (χ0n) is 12.2. The molecule has 1 atom stereocenters. The van der Waals surface area contributed by atoms with Gasteiger partial charge in [0.15, 0.2) is 5.12 Å². The minimum Gasteiger partial charge on any atom is -0.312 e. The van der Waals surface area contributed by atoms with Crippen molar-refractivity contribution in [2.24, 2.45) is 5.92 Å². The number of hydrogen-bond acceptors (Lipinski definition) is 4. The van der Waals surface area contributed by atoms with E-state index < -0.39 is 17.3 Å². The fraction of sp³-hybridized carbons (Fsp3) is 0.400. The Morgan fingerprint density at radius 1 is 1.48 bits per heavy atom. The molecule has 0 spiro atoms. The summed E-state index contributed by atoms with van der Waals surface area (Å²) in [6, 6.07) is 4.75. The maximum Gasteiger partial charge on any atom is 0.417 e. The van der Waals surface area contributed by atoms with E-state index in [0.29, 0.717) is 5.75 Å². The molecule has 4 nitrogen and oxygen atoms in total. The van der Waals surface area contributed by atoms with Gasteiger partial charge in [0.05, 0.1) is 17.2 Å². The van der Waals surface area contributed by atoms with Crippen LogP contribution in [-0.2, 0) is 15.8 Å². The van der Waals surface area contributed by atoms with Gasteiger partial charge in [0.2, 0.25) is 5.91 Å². The van der Waals surface area contributed by atoms with E-state index in [1.54, 1.807) is 0 Å². The molecule has 0 bridgehead atoms. The molecule has 1 aliphatic heterocycles. The Labute approximate surface area is 135 Å². The monoisotopic (exact) mass is 342 g/mol. The third kappa shape index (κ3) is 4.05. The molecule has 1 aliphatic rings. The Kier molecular flexibility index (Phi) is 5.00. The lowest BCUT2D eigenvalue weighted by Gasteiger charge is -2.19. The van der Waals surface area contributed by atoms with E-state index in [0.717, 1.165) is 23.9 Å². The summed E-state index contributed by atoms with van der Waals surface area (Å²) in [7, 11) is 0. The van der Waals surface area contributed by atoms with E-state index >= 15 is 0 Å². The first-order chi connectivity index (χ1) is 10.7. The van der Waals surface area contributed by atoms with Gasteiger partial charge in [-0.2, -0.15) is 18.4 Å². The highest BCUT2D eigenvalue weighted by atomic mass is 32.2. The first-order valence-electron chi connectivity index (χ1n) is 6.77. The van der Waals surface area contributed by atoms with E-state index in [2.05, 4.69) is 0 Å². The molecule has 1 unspecified atom stereocenters. The van der Waals surface area contributed by atoms with Crippen LogP contribution in [-0.4, -0.2) is 23.3 Å². The maximum atomic E-state index is 13.0. The lowest BCUT2D eigenvalue weighted by Crippen LogP contribution is -2.25. The maximum absolute atomic E-state index is 13.0. The number of anilines is 1. The summed E-state index contributed by atoms with van der Waals surface area (Å²) < 4.78 is 39.0. The summed E-state index contributed by atoms with van der Waals surface area (Å²) in [6.45, 7) is 1.69. The van der Waals surface area contributed by atoms with Crippen LogP contribution in [0.1, 0.15) is 24.5 Å². The average molecular weight is 342 g/mol. The van der Waals surface area contributed by atoms with Gasteiger partial charge in [0, 0.05) is 31.3 Å². The van der Waals surface area contributed by atoms with Gasteiger partial charge >= 0.3 is 6.18 Å². The first kappa shape index (κ1) is 17.3. The zero-order valence-corrected chi connectivity index (χ0v) is 13.0. The summed E-state index contributed by atoms with van der Waals surface area (Å²) in [5.41, 5.74) is -1.40. The van der Waals surface area contributed by atoms with Crippen LogP contribution in [0.25, 0.3) is 0 Å². The third-order valence-corrected chi connectivity index (χ3v) is 4.51. The highest BCUT2D eigenvalue weighted by Crippen LogP contribution is 2.36. The van der Waals surface area contributed by atoms with Crippen molar-refractivity contribution in [3.05, 3.63) is 29.3 Å². The molecule has 0 aliphatic carbocycles. The minimum absolute atomic E-state index is 0.0615. The van der Waals surface area contributed by atoms with Crippen molar-refractivity contribution in [3.8, 4) is 6.07 Å². The third-order valence-electron chi connectivity index (χ3n) is 3.47. The minimum atomic E-state index is -4.66. The molecule has 122 valence electrons. The molecule has 1 heterocycles. The van der Waals surface area contributed by atoms with Crippen LogP contribution in [0.15, 0.2) is 18.2 Å². The van der Waals surface area contributed by atoms with Gasteiger partial charge in [-0.25, -0.2) is 0 Å². The second-order valence-corrected chi connectivity index (χ2v) is 6.41. The Morgan fingerprint density at radius 3 is 2.74 bits per heavy atom. The van der Waals surface area contributed by atoms with Crippen LogP contribution in [0, 0.1) is 17.2 Å². The molecule has 23 heavy (non-hydrogen) atoms. The predicted molar refractivity (Wildman–Crippen MR) is 79.8 cm³/mol. The standard InChI is InChI=1S/C15H13F3N2O2S/c1-9(21)23-8-10-4-14(22)20(7-10)12-3-2-11(6-19)13(5-12)15(16,17)18/h2-3,5,10H,4,7-8H2,1H3. The molecule has 1 amide bonds. The summed E-state index contributed by atoms with van der Waals surface area (Å²) in [4.78, 5) is 24.3. The van der Waals surface area contributed by atoms with Crippen LogP contribution in [0.2, 0.25) is 0 Å². The van der Waals surface area contributed by atoms with E-state index in [1.165, 1.54) is 24.0 Å². The second kappa shape index (κ2) is 6.62. The van der Waals surface area contributed by atoms with Crippen molar-refractivity contribution in [2.45, 2.75) is 19.5 Å². The van der Waals surface area contributed by atoms with E-state index in [1.807, 2.05) is 0 Å². The predicted octanol–water partition coefficient (Wildman–Crippen LogP) is 3.21. The van der Waals surface area contributed by atoms with Crippen LogP contribution in [0.3, 0.4) is 0 Å². The number of nitriles is 1. The van der Waals surface area contributed by atoms with Gasteiger partial charge in [-0.3, -0.25) is 9.59 Å². The second-order valence-electron chi connectivity index (χ2n) is 5.22. The van der Waals surface area contributed by atoms with Gasteiger partial charge in [-0.15, -0.1) is 0 Å². The molecule has 0 radical (unpaired) electrons. The highest BCUT2D eigenvalue weighted by Gasteiger charge is 2.36. The number of rotatable bonds is 3. The smallest absolute Gasteiger partial charge is 0.312 e. The molecular weight excluding hydrogens is 329 g/mol. The van der Waals surface area contributed by atoms with E-state index in [9.17, 15) is 22.8 Å². The first-order valence-corrected chi connectivity index (χ1v) is 7.76. The van der Waals surface area contributed by atoms with Crippen LogP contribution >= 0.6 is 11.8 Å². The molecule has 2 rings (SSSR count). The number of carbonyl (C=O) groups is 2. The van der Waals surface area contributed by atoms with Crippen molar-refractivity contribution in [1.29, 1.82) is 5.26 Å². The fourth-order valence-electron chi connectivity index (χ4n) is 2.41. The van der Waals surface area contributed by atoms with Gasteiger partial charge in [0.25, 0.3) is 0 Å². The molecule has 1 aromatic rings. The normalized spacial score (nSPS) is 18.1. The van der Waals surface area contributed by atoms with Crippen LogP contribution in [0.4, 0.5) is 18.9 Å². The van der Waals surface area contributed by atoms with Gasteiger partial charge < -0.3 is 4.90 Å². The van der Waals surface area contributed by atoms with Crippen LogP contribution < -0.4 is 4.90 Å². The van der Waals surface area contributed by atoms with Crippen molar-refractivity contribution in [2.75, 3.05) is 17.2 Å². The Balaban J connectivity index is 2.24. The number of carbonyl (C=O) groups excluding carboxylic acids is 2. The SMILES string of the molecule is CC(=O)SCC1CC(=O)N(c2ccc(C#N)c(C(F)(F)F)c2)C1. The molecule has 0 aromatic heterocycles. The highest BCUT2D eigenvalue weighted by molar-refractivity contribution is 8.13. The molecule has 8 heteroatoms. The van der Waals surface area contributed by atoms with E-state index in [4.69, 9.17) is 5.26 Å². The van der Waals surface area contributed by atoms with E-state index in [-0.39, 0.29) is 35.6 Å². The summed E-state index contributed by atoms with van der Waals surface area (Å²) in [5.74, 6) is 0.0957. The fourth-order valence-corrected chi connectivity index (χ4v) is 3.10. The van der Waals surface area contributed by atoms with Crippen molar-refractivity contribution >= 4 is 28.5 Å². The lowest BCUT2D eigenvalue weighted by molar-refractivity contribution is -0.137. The molecule has 0 saturated carbocycles. The number of halogens is 3. The summed E-state index contributed by atoms with van der Waals surface area (Å²) in [6.07, 6.45) is -4.46. The van der Waals surface area contributed by atoms with Crippen molar-refractivity contribution < 1.29 is 22.8 Å². The zero-order chi connectivity index (χ0) is 17.2. The number of nitrogens with zero attached hydrogens (tertiary/aromatic N) is 2. The van der Waals surface area contributed by atoms with Crippen molar-refractivity contribution in [3.63, 3.8) is 0 Å². The lowest BCUT2D eigenvalue weighted by atomic mass is 10.1. The number of amides is 1. The van der Waals surface area contributed by atoms with Gasteiger partial charge in [0.1, 0.15) is 0 Å². The Hall–Kier alpha value is -2.01. The Bertz CT molecular complexity index is 682. The molecule has 0 N–H and O–H groups in total. The molecule has 1 aromatic carbocycles. The summed E-state index contributed by atoms with van der Waals surface area (Å²) in [5, 5.41) is 8.73. The number of thioether (sulfide) groups is 1. The van der Waals surface area contributed by atoms with Gasteiger partial charge in [-0.1, -0.05) is 11.8 Å².